The Hall–Kier alpha value is -0.630. The van der Waals surface area contributed by atoms with Crippen LogP contribution in [0.25, 0.3) is 0 Å². The van der Waals surface area contributed by atoms with Crippen molar-refractivity contribution in [3.05, 3.63) is 0 Å². The van der Waals surface area contributed by atoms with Crippen LogP contribution in [0.15, 0.2) is 0 Å². The van der Waals surface area contributed by atoms with Gasteiger partial charge in [-0.25, -0.2) is 0 Å². The van der Waals surface area contributed by atoms with Crippen LogP contribution in [-0.2, 0) is 4.74 Å². The van der Waals surface area contributed by atoms with Gasteiger partial charge >= 0.3 is 0 Å². The second-order valence-corrected chi connectivity index (χ2v) is 5.86. The molecule has 0 spiro atoms. The van der Waals surface area contributed by atoms with Crippen LogP contribution < -0.4 is 5.32 Å². The maximum Gasteiger partial charge on any atom is 0.106 e. The molecule has 0 heterocycles. The van der Waals surface area contributed by atoms with Crippen LogP contribution in [0.1, 0.15) is 59.8 Å². The highest BCUT2D eigenvalue weighted by Crippen LogP contribution is 2.18. The van der Waals surface area contributed by atoms with E-state index in [9.17, 15) is 5.26 Å². The summed E-state index contributed by atoms with van der Waals surface area (Å²) >= 11 is 0. The standard InChI is InChI=1S/C17H35N3O/c1-6-11-19-17(8-3,15-18)10-9-12-20(13-14-21-5)16(4)7-2/h16,19H,6-14H2,1-5H3. The number of methoxy groups -OCH3 is 1. The molecule has 0 fully saturated rings. The zero-order valence-corrected chi connectivity index (χ0v) is 14.7. The van der Waals surface area contributed by atoms with Gasteiger partial charge < -0.3 is 4.74 Å². The summed E-state index contributed by atoms with van der Waals surface area (Å²) in [6, 6.07) is 3.08. The van der Waals surface area contributed by atoms with Crippen molar-refractivity contribution in [1.29, 1.82) is 5.26 Å². The summed E-state index contributed by atoms with van der Waals surface area (Å²) in [5.41, 5.74) is -0.349. The molecule has 0 aromatic carbocycles. The Balaban J connectivity index is 4.39. The molecule has 21 heavy (non-hydrogen) atoms. The number of hydrogen-bond acceptors (Lipinski definition) is 4. The highest BCUT2D eigenvalue weighted by atomic mass is 16.5. The lowest BCUT2D eigenvalue weighted by Crippen LogP contribution is -2.45. The van der Waals surface area contributed by atoms with E-state index < -0.39 is 0 Å². The molecule has 0 bridgehead atoms. The molecule has 0 aliphatic heterocycles. The highest BCUT2D eigenvalue weighted by molar-refractivity contribution is 5.06. The Morgan fingerprint density at radius 2 is 2.00 bits per heavy atom. The van der Waals surface area contributed by atoms with Gasteiger partial charge in [0.25, 0.3) is 0 Å². The van der Waals surface area contributed by atoms with Crippen LogP contribution in [-0.4, -0.2) is 49.8 Å². The van der Waals surface area contributed by atoms with Gasteiger partial charge in [0.05, 0.1) is 12.7 Å². The van der Waals surface area contributed by atoms with Gasteiger partial charge in [0, 0.05) is 19.7 Å². The summed E-state index contributed by atoms with van der Waals surface area (Å²) in [6.45, 7) is 12.4. The highest BCUT2D eigenvalue weighted by Gasteiger charge is 2.26. The normalized spacial score (nSPS) is 15.7. The van der Waals surface area contributed by atoms with Crippen molar-refractivity contribution in [2.75, 3.05) is 33.4 Å². The molecule has 0 aliphatic carbocycles. The van der Waals surface area contributed by atoms with Gasteiger partial charge in [0.1, 0.15) is 5.54 Å². The van der Waals surface area contributed by atoms with Crippen molar-refractivity contribution >= 4 is 0 Å². The third kappa shape index (κ3) is 7.80. The van der Waals surface area contributed by atoms with Crippen molar-refractivity contribution in [1.82, 2.24) is 10.2 Å². The number of nitrogens with one attached hydrogen (secondary N) is 1. The monoisotopic (exact) mass is 297 g/mol. The maximum absolute atomic E-state index is 9.52. The molecule has 124 valence electrons. The first-order chi connectivity index (χ1) is 10.1. The van der Waals surface area contributed by atoms with Gasteiger partial charge in [0.2, 0.25) is 0 Å². The van der Waals surface area contributed by atoms with E-state index in [2.05, 4.69) is 44.0 Å². The molecule has 4 heteroatoms. The van der Waals surface area contributed by atoms with Crippen LogP contribution >= 0.6 is 0 Å². The van der Waals surface area contributed by atoms with Crippen molar-refractivity contribution in [3.8, 4) is 6.07 Å². The van der Waals surface area contributed by atoms with E-state index in [0.29, 0.717) is 6.04 Å². The predicted molar refractivity (Wildman–Crippen MR) is 89.4 cm³/mol. The van der Waals surface area contributed by atoms with Crippen LogP contribution in [0.2, 0.25) is 0 Å². The molecule has 0 amide bonds. The number of rotatable bonds is 13. The second kappa shape index (κ2) is 12.0. The summed E-state index contributed by atoms with van der Waals surface area (Å²) < 4.78 is 5.20. The molecule has 0 radical (unpaired) electrons. The summed E-state index contributed by atoms with van der Waals surface area (Å²) in [5.74, 6) is 0. The van der Waals surface area contributed by atoms with Crippen molar-refractivity contribution in [3.63, 3.8) is 0 Å². The van der Waals surface area contributed by atoms with Gasteiger partial charge in [-0.3, -0.25) is 10.2 Å². The fourth-order valence-corrected chi connectivity index (χ4v) is 2.53. The summed E-state index contributed by atoms with van der Waals surface area (Å²) in [6.07, 6.45) is 5.04. The molecule has 2 atom stereocenters. The van der Waals surface area contributed by atoms with E-state index >= 15 is 0 Å². The molecular formula is C17H35N3O. The molecule has 0 aliphatic rings. The summed E-state index contributed by atoms with van der Waals surface area (Å²) in [5, 5.41) is 13.0. The zero-order valence-electron chi connectivity index (χ0n) is 14.7. The first kappa shape index (κ1) is 20.4. The average molecular weight is 297 g/mol. The van der Waals surface area contributed by atoms with E-state index in [1.54, 1.807) is 7.11 Å². The summed E-state index contributed by atoms with van der Waals surface area (Å²) in [7, 11) is 1.75. The van der Waals surface area contributed by atoms with Gasteiger partial charge in [-0.15, -0.1) is 0 Å². The molecule has 0 rings (SSSR count). The van der Waals surface area contributed by atoms with Gasteiger partial charge in [-0.1, -0.05) is 20.8 Å². The van der Waals surface area contributed by atoms with Gasteiger partial charge in [-0.05, 0) is 52.1 Å². The minimum Gasteiger partial charge on any atom is -0.383 e. The first-order valence-corrected chi connectivity index (χ1v) is 8.48. The van der Waals surface area contributed by atoms with E-state index in [4.69, 9.17) is 4.74 Å². The largest absolute Gasteiger partial charge is 0.383 e. The molecular weight excluding hydrogens is 262 g/mol. The van der Waals surface area contributed by atoms with Crippen LogP contribution in [0.3, 0.4) is 0 Å². The number of nitrogens with zero attached hydrogens (tertiary/aromatic N) is 2. The molecule has 4 nitrogen and oxygen atoms in total. The van der Waals surface area contributed by atoms with Crippen LogP contribution in [0.4, 0.5) is 0 Å². The minimum atomic E-state index is -0.349. The second-order valence-electron chi connectivity index (χ2n) is 5.86. The molecule has 0 saturated heterocycles. The number of hydrogen-bond donors (Lipinski definition) is 1. The number of nitriles is 1. The van der Waals surface area contributed by atoms with E-state index in [0.717, 1.165) is 58.3 Å². The lowest BCUT2D eigenvalue weighted by atomic mass is 9.91. The Labute approximate surface area is 131 Å². The van der Waals surface area contributed by atoms with Crippen molar-refractivity contribution in [2.24, 2.45) is 0 Å². The topological polar surface area (TPSA) is 48.3 Å². The van der Waals surface area contributed by atoms with Crippen LogP contribution in [0, 0.1) is 11.3 Å². The lowest BCUT2D eigenvalue weighted by Gasteiger charge is -2.31. The zero-order chi connectivity index (χ0) is 16.1. The van der Waals surface area contributed by atoms with Crippen molar-refractivity contribution < 1.29 is 4.74 Å². The fourth-order valence-electron chi connectivity index (χ4n) is 2.53. The Morgan fingerprint density at radius 3 is 2.48 bits per heavy atom. The number of ether oxygens (including phenoxy) is 1. The summed E-state index contributed by atoms with van der Waals surface area (Å²) in [4.78, 5) is 2.47. The molecule has 0 aromatic heterocycles. The molecule has 2 unspecified atom stereocenters. The Bertz CT molecular complexity index is 290. The molecule has 0 aromatic rings. The Morgan fingerprint density at radius 1 is 1.29 bits per heavy atom. The van der Waals surface area contributed by atoms with Crippen LogP contribution in [0.5, 0.6) is 0 Å². The SMILES string of the molecule is CCCNC(C#N)(CC)CCCN(CCOC)C(C)CC. The lowest BCUT2D eigenvalue weighted by molar-refractivity contribution is 0.119. The van der Waals surface area contributed by atoms with Gasteiger partial charge in [-0.2, -0.15) is 5.26 Å². The smallest absolute Gasteiger partial charge is 0.106 e. The first-order valence-electron chi connectivity index (χ1n) is 8.48. The fraction of sp³-hybridized carbons (Fsp3) is 0.941. The molecule has 1 N–H and O–H groups in total. The molecule has 0 saturated carbocycles. The van der Waals surface area contributed by atoms with E-state index in [-0.39, 0.29) is 5.54 Å². The average Bonchev–Trinajstić information content (AvgIpc) is 2.53. The quantitative estimate of drug-likeness (QED) is 0.567. The third-order valence-corrected chi connectivity index (χ3v) is 4.38. The predicted octanol–water partition coefficient (Wildman–Crippen LogP) is 3.19. The third-order valence-electron chi connectivity index (χ3n) is 4.38. The van der Waals surface area contributed by atoms with Gasteiger partial charge in [0.15, 0.2) is 0 Å². The Kier molecular flexibility index (Phi) is 11.6. The maximum atomic E-state index is 9.52. The van der Waals surface area contributed by atoms with E-state index in [1.807, 2.05) is 0 Å². The minimum absolute atomic E-state index is 0.349. The van der Waals surface area contributed by atoms with E-state index in [1.165, 1.54) is 0 Å². The van der Waals surface area contributed by atoms with Crippen molar-refractivity contribution in [2.45, 2.75) is 71.4 Å².